The van der Waals surface area contributed by atoms with Gasteiger partial charge in [-0.25, -0.2) is 0 Å². The zero-order chi connectivity index (χ0) is 20.9. The third-order valence-electron chi connectivity index (χ3n) is 5.66. The lowest BCUT2D eigenvalue weighted by Crippen LogP contribution is -2.46. The quantitative estimate of drug-likeness (QED) is 0.518. The summed E-state index contributed by atoms with van der Waals surface area (Å²) >= 11 is 0. The first kappa shape index (κ1) is 23.0. The maximum absolute atomic E-state index is 13.5. The standard InChI is InChI=1S/C18H29F2NO6S/c1-13(18(19,20)28(24,25)26)27-17(23)12-14-9-10-21(16(22)11-14)15-7-5-3-2-4-6-8-15/h13-15H,2-12H2,1H3,(H,24,25,26). The molecule has 0 bridgehead atoms. The van der Waals surface area contributed by atoms with Gasteiger partial charge in [-0.3, -0.25) is 14.1 Å². The molecule has 0 radical (unpaired) electrons. The van der Waals surface area contributed by atoms with E-state index < -0.39 is 27.4 Å². The SMILES string of the molecule is CC(OC(=O)CC1CCN(C2CCCCCCC2)C(=O)C1)C(F)(F)S(=O)(=O)O. The minimum atomic E-state index is -5.69. The Kier molecular flexibility index (Phi) is 7.78. The summed E-state index contributed by atoms with van der Waals surface area (Å²) in [6, 6.07) is 0.231. The van der Waals surface area contributed by atoms with E-state index in [2.05, 4.69) is 4.74 Å². The molecule has 2 rings (SSSR count). The normalized spacial score (nSPS) is 24.4. The second-order valence-corrected chi connectivity index (χ2v) is 9.31. The Balaban J connectivity index is 1.85. The third-order valence-corrected chi connectivity index (χ3v) is 6.68. The second kappa shape index (κ2) is 9.47. The summed E-state index contributed by atoms with van der Waals surface area (Å²) in [6.07, 6.45) is 5.93. The molecule has 1 saturated heterocycles. The number of esters is 1. The van der Waals surface area contributed by atoms with Gasteiger partial charge in [-0.1, -0.05) is 32.1 Å². The number of hydrogen-bond acceptors (Lipinski definition) is 5. The molecule has 1 aliphatic carbocycles. The summed E-state index contributed by atoms with van der Waals surface area (Å²) in [4.78, 5) is 26.3. The van der Waals surface area contributed by atoms with Gasteiger partial charge in [0.2, 0.25) is 5.91 Å². The smallest absolute Gasteiger partial charge is 0.405 e. The van der Waals surface area contributed by atoms with Crippen molar-refractivity contribution in [3.63, 3.8) is 0 Å². The molecule has 1 N–H and O–H groups in total. The van der Waals surface area contributed by atoms with Crippen LogP contribution in [0.2, 0.25) is 0 Å². The molecule has 2 unspecified atom stereocenters. The first-order valence-corrected chi connectivity index (χ1v) is 11.3. The lowest BCUT2D eigenvalue weighted by molar-refractivity contribution is -0.161. The van der Waals surface area contributed by atoms with Crippen LogP contribution in [0.15, 0.2) is 0 Å². The van der Waals surface area contributed by atoms with Crippen LogP contribution >= 0.6 is 0 Å². The minimum Gasteiger partial charge on any atom is -0.455 e. The molecule has 2 atom stereocenters. The monoisotopic (exact) mass is 425 g/mol. The Hall–Kier alpha value is -1.29. The Morgan fingerprint density at radius 1 is 1.21 bits per heavy atom. The van der Waals surface area contributed by atoms with E-state index in [1.165, 1.54) is 19.3 Å². The van der Waals surface area contributed by atoms with Crippen LogP contribution in [-0.4, -0.2) is 53.7 Å². The van der Waals surface area contributed by atoms with E-state index in [9.17, 15) is 26.8 Å². The summed E-state index contributed by atoms with van der Waals surface area (Å²) in [6.45, 7) is 1.23. The van der Waals surface area contributed by atoms with Crippen LogP contribution in [0.1, 0.15) is 71.1 Å². The fourth-order valence-electron chi connectivity index (χ4n) is 3.98. The highest BCUT2D eigenvalue weighted by molar-refractivity contribution is 7.86. The average Bonchev–Trinajstić information content (AvgIpc) is 2.54. The number of amides is 1. The van der Waals surface area contributed by atoms with Gasteiger partial charge in [0.1, 0.15) is 0 Å². The highest BCUT2D eigenvalue weighted by atomic mass is 32.2. The van der Waals surface area contributed by atoms with Gasteiger partial charge < -0.3 is 9.64 Å². The van der Waals surface area contributed by atoms with E-state index in [1.807, 2.05) is 4.90 Å². The van der Waals surface area contributed by atoms with Crippen LogP contribution in [0.5, 0.6) is 0 Å². The van der Waals surface area contributed by atoms with Crippen LogP contribution in [0, 0.1) is 5.92 Å². The first-order chi connectivity index (χ1) is 13.0. The lowest BCUT2D eigenvalue weighted by Gasteiger charge is -2.38. The molecule has 0 aromatic carbocycles. The molecule has 7 nitrogen and oxygen atoms in total. The number of rotatable bonds is 6. The Bertz CT molecular complexity index is 661. The molecular formula is C18H29F2NO6S. The van der Waals surface area contributed by atoms with Gasteiger partial charge in [-0.05, 0) is 32.1 Å². The summed E-state index contributed by atoms with van der Waals surface area (Å²) < 4.78 is 61.4. The van der Waals surface area contributed by atoms with Crippen molar-refractivity contribution in [3.8, 4) is 0 Å². The van der Waals surface area contributed by atoms with Gasteiger partial charge >= 0.3 is 21.3 Å². The van der Waals surface area contributed by atoms with Crippen molar-refractivity contribution in [1.82, 2.24) is 4.90 Å². The van der Waals surface area contributed by atoms with Gasteiger partial charge in [0, 0.05) is 25.4 Å². The number of hydrogen-bond donors (Lipinski definition) is 1. The van der Waals surface area contributed by atoms with Gasteiger partial charge in [0.05, 0.1) is 0 Å². The van der Waals surface area contributed by atoms with Gasteiger partial charge in [0.15, 0.2) is 6.10 Å². The Morgan fingerprint density at radius 2 is 1.79 bits per heavy atom. The third kappa shape index (κ3) is 5.85. The highest BCUT2D eigenvalue weighted by Gasteiger charge is 2.52. The minimum absolute atomic E-state index is 0.0362. The highest BCUT2D eigenvalue weighted by Crippen LogP contribution is 2.30. The summed E-state index contributed by atoms with van der Waals surface area (Å²) in [7, 11) is -5.69. The number of ether oxygens (including phenoxy) is 1. The van der Waals surface area contributed by atoms with Crippen LogP contribution in [0.3, 0.4) is 0 Å². The van der Waals surface area contributed by atoms with Crippen molar-refractivity contribution in [3.05, 3.63) is 0 Å². The second-order valence-electron chi connectivity index (χ2n) is 7.82. The number of likely N-dealkylation sites (tertiary alicyclic amines) is 1. The molecular weight excluding hydrogens is 396 g/mol. The van der Waals surface area contributed by atoms with E-state index in [0.29, 0.717) is 19.9 Å². The van der Waals surface area contributed by atoms with E-state index in [4.69, 9.17) is 4.55 Å². The molecule has 1 saturated carbocycles. The number of carbonyl (C=O) groups excluding carboxylic acids is 2. The molecule has 10 heteroatoms. The van der Waals surface area contributed by atoms with Gasteiger partial charge in [0.25, 0.3) is 0 Å². The predicted molar refractivity (Wildman–Crippen MR) is 97.2 cm³/mol. The molecule has 0 aromatic rings. The summed E-state index contributed by atoms with van der Waals surface area (Å²) in [5.41, 5.74) is 0. The topological polar surface area (TPSA) is 101 Å². The van der Waals surface area contributed by atoms with Crippen molar-refractivity contribution in [2.45, 2.75) is 88.5 Å². The average molecular weight is 425 g/mol. The number of piperidine rings is 1. The Labute approximate surface area is 164 Å². The number of halogens is 2. The number of nitrogens with zero attached hydrogens (tertiary/aromatic N) is 1. The van der Waals surface area contributed by atoms with Crippen LogP contribution in [0.4, 0.5) is 8.78 Å². The first-order valence-electron chi connectivity index (χ1n) is 9.86. The van der Waals surface area contributed by atoms with Crippen molar-refractivity contribution >= 4 is 22.0 Å². The van der Waals surface area contributed by atoms with Gasteiger partial charge in [-0.15, -0.1) is 0 Å². The van der Waals surface area contributed by atoms with Gasteiger partial charge in [-0.2, -0.15) is 17.2 Å². The molecule has 2 aliphatic rings. The summed E-state index contributed by atoms with van der Waals surface area (Å²) in [5.74, 6) is -1.37. The largest absolute Gasteiger partial charge is 0.455 e. The van der Waals surface area contributed by atoms with E-state index in [1.54, 1.807) is 0 Å². The number of carbonyl (C=O) groups is 2. The Morgan fingerprint density at radius 3 is 2.32 bits per heavy atom. The molecule has 1 aliphatic heterocycles. The van der Waals surface area contributed by atoms with Crippen molar-refractivity contribution in [2.75, 3.05) is 6.54 Å². The van der Waals surface area contributed by atoms with E-state index in [0.717, 1.165) is 25.7 Å². The fourth-order valence-corrected chi connectivity index (χ4v) is 4.45. The molecule has 1 amide bonds. The molecule has 162 valence electrons. The molecule has 0 spiro atoms. The molecule has 0 aromatic heterocycles. The van der Waals surface area contributed by atoms with E-state index >= 15 is 0 Å². The summed E-state index contributed by atoms with van der Waals surface area (Å²) in [5, 5.41) is -4.58. The van der Waals surface area contributed by atoms with Crippen molar-refractivity contribution in [2.24, 2.45) is 5.92 Å². The maximum atomic E-state index is 13.5. The lowest BCUT2D eigenvalue weighted by atomic mass is 9.89. The predicted octanol–water partition coefficient (Wildman–Crippen LogP) is 3.14. The molecule has 1 heterocycles. The van der Waals surface area contributed by atoms with Crippen LogP contribution in [-0.2, 0) is 24.4 Å². The maximum Gasteiger partial charge on any atom is 0.405 e. The van der Waals surface area contributed by atoms with Crippen LogP contribution in [0.25, 0.3) is 0 Å². The van der Waals surface area contributed by atoms with Crippen molar-refractivity contribution in [1.29, 1.82) is 0 Å². The zero-order valence-corrected chi connectivity index (χ0v) is 16.9. The number of alkyl halides is 2. The van der Waals surface area contributed by atoms with Crippen LogP contribution < -0.4 is 0 Å². The zero-order valence-electron chi connectivity index (χ0n) is 16.1. The molecule has 28 heavy (non-hydrogen) atoms. The van der Waals surface area contributed by atoms with Crippen molar-refractivity contribution < 1.29 is 36.1 Å². The fraction of sp³-hybridized carbons (Fsp3) is 0.889. The van der Waals surface area contributed by atoms with E-state index in [-0.39, 0.29) is 30.7 Å². The molecule has 2 fully saturated rings.